The minimum absolute atomic E-state index is 0.00261. The lowest BCUT2D eigenvalue weighted by Gasteiger charge is -2.42. The van der Waals surface area contributed by atoms with Gasteiger partial charge in [-0.15, -0.1) is 0 Å². The van der Waals surface area contributed by atoms with Crippen molar-refractivity contribution in [1.29, 1.82) is 0 Å². The summed E-state index contributed by atoms with van der Waals surface area (Å²) in [5.41, 5.74) is 1.24. The first-order chi connectivity index (χ1) is 35.0. The number of methoxy groups -OCH3 is 3. The number of carbonyl (C=O) groups is 5. The molecule has 0 aromatic heterocycles. The number of ether oxygens (including phenoxy) is 6. The zero-order valence-electron chi connectivity index (χ0n) is 46.4. The fourth-order valence-corrected chi connectivity index (χ4v) is 12.1. The molecule has 18 heteroatoms. The van der Waals surface area contributed by atoms with Gasteiger partial charge in [0, 0.05) is 71.7 Å². The Bertz CT molecular complexity index is 2040. The maximum absolute atomic E-state index is 14.6. The summed E-state index contributed by atoms with van der Waals surface area (Å²) in [5, 5.41) is 23.6. The molecule has 74 heavy (non-hydrogen) atoms. The summed E-state index contributed by atoms with van der Waals surface area (Å²) in [4.78, 5) is 72.6. The molecule has 1 amide bonds. The molecule has 4 rings (SSSR count). The molecule has 2 N–H and O–H groups in total. The Morgan fingerprint density at radius 1 is 0.865 bits per heavy atom. The molecule has 3 fully saturated rings. The van der Waals surface area contributed by atoms with Crippen LogP contribution >= 0.6 is 7.60 Å². The van der Waals surface area contributed by atoms with Gasteiger partial charge in [-0.25, -0.2) is 4.79 Å². The van der Waals surface area contributed by atoms with Gasteiger partial charge in [0.05, 0.1) is 37.6 Å². The highest BCUT2D eigenvalue weighted by molar-refractivity contribution is 7.53. The summed E-state index contributed by atoms with van der Waals surface area (Å²) >= 11 is 0. The van der Waals surface area contributed by atoms with E-state index in [1.165, 1.54) is 18.7 Å². The van der Waals surface area contributed by atoms with Crippen LogP contribution in [0.3, 0.4) is 0 Å². The molecule has 16 atom stereocenters. The van der Waals surface area contributed by atoms with Crippen molar-refractivity contribution < 1.29 is 76.2 Å². The SMILES string of the molecule is CCOCCOP(C)(=O)O[C@@H]1CC[C@@H](C[C@@H](C)[C@@H]2CC(=O)[C@H](C)/C=C(\C)[C@@H](O)[C@@H](OC)C(=O)[C@H](C)C[C@H](C)/C=C/C=C/C=C(\C)[C@@H](OC)CC3CC[C@@H](C)[C@@](O)(O3)C(=O)C(=O)N3CCCCC3C(=O)O2)C[C@H]1OC. The molecule has 2 bridgehead atoms. The molecule has 3 aliphatic heterocycles. The number of ketones is 3. The van der Waals surface area contributed by atoms with E-state index in [2.05, 4.69) is 0 Å². The van der Waals surface area contributed by atoms with Crippen molar-refractivity contribution in [2.24, 2.45) is 35.5 Å². The van der Waals surface area contributed by atoms with Crippen LogP contribution in [0.5, 0.6) is 0 Å². The summed E-state index contributed by atoms with van der Waals surface area (Å²) in [6.45, 7) is 16.9. The average Bonchev–Trinajstić information content (AvgIpc) is 3.36. The van der Waals surface area contributed by atoms with Crippen LogP contribution in [0.1, 0.15) is 132 Å². The van der Waals surface area contributed by atoms with Crippen molar-refractivity contribution in [3.05, 3.63) is 47.6 Å². The number of carbonyl (C=O) groups excluding carboxylic acids is 5. The Kier molecular flexibility index (Phi) is 25.7. The largest absolute Gasteiger partial charge is 0.460 e. The van der Waals surface area contributed by atoms with Gasteiger partial charge in [0.25, 0.3) is 11.7 Å². The molecule has 1 saturated carbocycles. The molecule has 3 unspecified atom stereocenters. The highest BCUT2D eigenvalue weighted by Crippen LogP contribution is 2.48. The maximum Gasteiger partial charge on any atom is 0.329 e. The van der Waals surface area contributed by atoms with Crippen LogP contribution < -0.4 is 0 Å². The predicted molar refractivity (Wildman–Crippen MR) is 280 cm³/mol. The van der Waals surface area contributed by atoms with Gasteiger partial charge in [-0.3, -0.25) is 23.7 Å². The number of nitrogens with zero attached hydrogens (tertiary/aromatic N) is 1. The fourth-order valence-electron chi connectivity index (χ4n) is 10.9. The van der Waals surface area contributed by atoms with E-state index in [-0.39, 0.29) is 56.0 Å². The van der Waals surface area contributed by atoms with Gasteiger partial charge in [-0.2, -0.15) is 0 Å². The Labute approximate surface area is 441 Å². The third-order valence-electron chi connectivity index (χ3n) is 15.5. The Morgan fingerprint density at radius 2 is 1.59 bits per heavy atom. The number of aliphatic hydroxyl groups is 2. The first kappa shape index (κ1) is 63.3. The van der Waals surface area contributed by atoms with Crippen LogP contribution in [0.25, 0.3) is 0 Å². The number of rotatable bonds is 13. The third kappa shape index (κ3) is 17.9. The van der Waals surface area contributed by atoms with Gasteiger partial charge in [0.15, 0.2) is 5.78 Å². The number of fused-ring (bicyclic) bond motifs is 3. The third-order valence-corrected chi connectivity index (χ3v) is 16.8. The summed E-state index contributed by atoms with van der Waals surface area (Å²) in [6.07, 6.45) is 10.6. The van der Waals surface area contributed by atoms with Crippen LogP contribution in [-0.2, 0) is 66.0 Å². The Morgan fingerprint density at radius 3 is 2.27 bits per heavy atom. The maximum atomic E-state index is 14.6. The van der Waals surface area contributed by atoms with E-state index in [1.807, 2.05) is 65.0 Å². The highest BCUT2D eigenvalue weighted by atomic mass is 31.2. The normalized spacial score (nSPS) is 37.8. The van der Waals surface area contributed by atoms with Crippen LogP contribution in [0, 0.1) is 35.5 Å². The topological polar surface area (TPSA) is 220 Å². The molecule has 0 aromatic rings. The van der Waals surface area contributed by atoms with E-state index < -0.39 is 103 Å². The summed E-state index contributed by atoms with van der Waals surface area (Å²) in [7, 11) is 1.08. The Hall–Kier alpha value is -3.22. The standard InChI is InChI=1S/C56H90NO16P/c1-13-69-27-28-70-74(12,65)73-46-25-23-42(32-49(46)67-10)31-38(5)48-34-45(58)37(4)30-40(7)51(60)52(68-11)50(59)39(6)29-35(2)19-15-14-16-20-36(3)47(66-9)33-43-24-22-41(8)56(64,72-43)53(61)54(62)57-26-18-17-21-44(57)55(63)71-48/h14-16,19-20,30,35,37-39,41-44,46-49,51-52,60,64H,13,17-18,21-29,31-34H2,1-12H3/b16-14+,19-15+,36-20+,40-30+/t35-,37-,38-,39-,41-,42+,43?,44?,46-,47+,48+,49-,51-,52+,56-,74?/m1/s1. The van der Waals surface area contributed by atoms with Crippen molar-refractivity contribution in [3.8, 4) is 0 Å². The number of allylic oxidation sites excluding steroid dienone is 6. The van der Waals surface area contributed by atoms with Crippen LogP contribution in [0.2, 0.25) is 0 Å². The van der Waals surface area contributed by atoms with Crippen molar-refractivity contribution in [2.75, 3.05) is 54.4 Å². The van der Waals surface area contributed by atoms with E-state index in [9.17, 15) is 38.8 Å². The van der Waals surface area contributed by atoms with Crippen LogP contribution in [-0.4, -0.2) is 153 Å². The average molecular weight is 1060 g/mol. The van der Waals surface area contributed by atoms with Gasteiger partial charge >= 0.3 is 13.6 Å². The molecular formula is C56H90NO16P. The van der Waals surface area contributed by atoms with Gasteiger partial charge in [-0.1, -0.05) is 71.1 Å². The van der Waals surface area contributed by atoms with Crippen LogP contribution in [0.4, 0.5) is 0 Å². The zero-order chi connectivity index (χ0) is 54.9. The molecule has 1 aliphatic carbocycles. The lowest BCUT2D eigenvalue weighted by atomic mass is 9.78. The van der Waals surface area contributed by atoms with E-state index in [0.717, 1.165) is 5.57 Å². The monoisotopic (exact) mass is 1060 g/mol. The molecule has 0 radical (unpaired) electrons. The molecule has 3 heterocycles. The predicted octanol–water partition coefficient (Wildman–Crippen LogP) is 8.08. The molecular weight excluding hydrogens is 974 g/mol. The molecule has 0 aromatic carbocycles. The van der Waals surface area contributed by atoms with E-state index in [1.54, 1.807) is 41.1 Å². The van der Waals surface area contributed by atoms with E-state index in [0.29, 0.717) is 76.4 Å². The number of hydrogen-bond donors (Lipinski definition) is 2. The second-order valence-corrected chi connectivity index (χ2v) is 23.5. The summed E-state index contributed by atoms with van der Waals surface area (Å²) in [6, 6.07) is -1.18. The number of piperidine rings is 1. The zero-order valence-corrected chi connectivity index (χ0v) is 47.3. The van der Waals surface area contributed by atoms with Crippen molar-refractivity contribution in [2.45, 2.75) is 187 Å². The number of amides is 1. The number of esters is 1. The van der Waals surface area contributed by atoms with Gasteiger partial charge in [-0.05, 0) is 114 Å². The smallest absolute Gasteiger partial charge is 0.329 e. The Balaban J connectivity index is 1.67. The minimum atomic E-state index is -3.44. The summed E-state index contributed by atoms with van der Waals surface area (Å²) < 4.78 is 60.0. The molecule has 2 saturated heterocycles. The number of hydrogen-bond acceptors (Lipinski definition) is 16. The second-order valence-electron chi connectivity index (χ2n) is 21.5. The molecule has 0 spiro atoms. The molecule has 17 nitrogen and oxygen atoms in total. The lowest BCUT2D eigenvalue weighted by Crippen LogP contribution is -2.61. The minimum Gasteiger partial charge on any atom is -0.460 e. The van der Waals surface area contributed by atoms with E-state index in [4.69, 9.17) is 37.5 Å². The fraction of sp³-hybridized carbons (Fsp3) is 0.768. The molecule has 4 aliphatic rings. The number of Topliss-reactive ketones (excluding diaryl/α,β-unsaturated/α-hetero) is 3. The van der Waals surface area contributed by atoms with Crippen molar-refractivity contribution in [1.82, 2.24) is 4.90 Å². The summed E-state index contributed by atoms with van der Waals surface area (Å²) in [5.74, 6) is -8.35. The van der Waals surface area contributed by atoms with E-state index >= 15 is 0 Å². The first-order valence-corrected chi connectivity index (χ1v) is 29.0. The number of cyclic esters (lactones) is 1. The second kappa shape index (κ2) is 30.1. The van der Waals surface area contributed by atoms with Gasteiger partial charge in [0.2, 0.25) is 5.79 Å². The van der Waals surface area contributed by atoms with Gasteiger partial charge in [0.1, 0.15) is 30.1 Å². The quantitative estimate of drug-likeness (QED) is 0.0585. The first-order valence-electron chi connectivity index (χ1n) is 27.0. The highest BCUT2D eigenvalue weighted by Gasteiger charge is 2.53. The van der Waals surface area contributed by atoms with Crippen LogP contribution in [0.15, 0.2) is 47.6 Å². The van der Waals surface area contributed by atoms with Gasteiger partial charge < -0.3 is 52.6 Å². The van der Waals surface area contributed by atoms with Crippen molar-refractivity contribution in [3.63, 3.8) is 0 Å². The van der Waals surface area contributed by atoms with Crippen molar-refractivity contribution >= 4 is 36.8 Å². The lowest BCUT2D eigenvalue weighted by molar-refractivity contribution is -0.265. The number of aliphatic hydroxyl groups excluding tert-OH is 1. The molecule has 420 valence electrons.